The van der Waals surface area contributed by atoms with Crippen LogP contribution in [0.5, 0.6) is 0 Å². The van der Waals surface area contributed by atoms with Gasteiger partial charge in [-0.1, -0.05) is 121 Å². The molecule has 0 amide bonds. The molecule has 0 atom stereocenters. The highest BCUT2D eigenvalue weighted by molar-refractivity contribution is 7.26. The van der Waals surface area contributed by atoms with E-state index in [1.807, 2.05) is 47.7 Å². The monoisotopic (exact) mass is 679 g/mol. The normalized spacial score (nSPS) is 11.4. The minimum absolute atomic E-state index is 0.643. The van der Waals surface area contributed by atoms with Crippen molar-refractivity contribution in [1.82, 2.24) is 9.55 Å². The van der Waals surface area contributed by atoms with Crippen LogP contribution in [0.3, 0.4) is 0 Å². The van der Waals surface area contributed by atoms with E-state index in [9.17, 15) is 5.26 Å². The minimum atomic E-state index is 0.643. The van der Waals surface area contributed by atoms with Gasteiger partial charge in [0.05, 0.1) is 34.1 Å². The van der Waals surface area contributed by atoms with Gasteiger partial charge in [0, 0.05) is 47.8 Å². The number of nitrogens with zero attached hydrogens (tertiary/aromatic N) is 3. The van der Waals surface area contributed by atoms with Gasteiger partial charge in [0.2, 0.25) is 0 Å². The zero-order chi connectivity index (χ0) is 34.6. The summed E-state index contributed by atoms with van der Waals surface area (Å²) in [5.41, 5.74) is 11.9. The summed E-state index contributed by atoms with van der Waals surface area (Å²) in [5.74, 6) is 0. The molecule has 0 unspecified atom stereocenters. The van der Waals surface area contributed by atoms with Gasteiger partial charge in [-0.2, -0.15) is 5.26 Å². The summed E-state index contributed by atoms with van der Waals surface area (Å²) >= 11 is 1.86. The molecule has 0 radical (unpaired) electrons. The third kappa shape index (κ3) is 4.91. The Bertz CT molecular complexity index is 2960. The highest BCUT2D eigenvalue weighted by Gasteiger charge is 2.19. The lowest BCUT2D eigenvalue weighted by molar-refractivity contribution is 1.18. The molecule has 0 aliphatic carbocycles. The van der Waals surface area contributed by atoms with E-state index < -0.39 is 0 Å². The van der Waals surface area contributed by atoms with Crippen molar-refractivity contribution < 1.29 is 0 Å². The lowest BCUT2D eigenvalue weighted by Crippen LogP contribution is -1.97. The molecule has 10 aromatic rings. The standard InChI is InChI=1S/C48H29N3S/c49-30-33-17-7-8-18-38(33)36-25-34(35-28-42(31-13-3-1-4-14-31)50-43(29-35)32-15-5-2-6-16-32)26-37(27-36)51-44-21-11-9-20-41(44)47-45(51)24-23-40-39-19-10-12-22-46(39)52-48(40)47/h1-29H. The van der Waals surface area contributed by atoms with E-state index in [4.69, 9.17) is 4.98 Å². The molecule has 0 saturated heterocycles. The maximum Gasteiger partial charge on any atom is 0.0998 e. The molecule has 7 aromatic carbocycles. The predicted molar refractivity (Wildman–Crippen MR) is 218 cm³/mol. The van der Waals surface area contributed by atoms with Crippen LogP contribution in [0.1, 0.15) is 5.56 Å². The Balaban J connectivity index is 1.29. The molecule has 0 saturated carbocycles. The second-order valence-electron chi connectivity index (χ2n) is 13.1. The van der Waals surface area contributed by atoms with E-state index in [0.717, 1.165) is 61.5 Å². The molecule has 52 heavy (non-hydrogen) atoms. The number of thiophene rings is 1. The molecule has 0 spiro atoms. The molecular formula is C48H29N3S. The van der Waals surface area contributed by atoms with E-state index in [2.05, 4.69) is 150 Å². The highest BCUT2D eigenvalue weighted by Crippen LogP contribution is 2.44. The first-order valence-electron chi connectivity index (χ1n) is 17.4. The summed E-state index contributed by atoms with van der Waals surface area (Å²) in [6.45, 7) is 0. The fourth-order valence-electron chi connectivity index (χ4n) is 7.62. The topological polar surface area (TPSA) is 41.6 Å². The van der Waals surface area contributed by atoms with Crippen molar-refractivity contribution in [2.45, 2.75) is 0 Å². The van der Waals surface area contributed by atoms with Crippen LogP contribution in [0.15, 0.2) is 176 Å². The van der Waals surface area contributed by atoms with Crippen LogP contribution in [0.25, 0.3) is 92.4 Å². The molecule has 0 bridgehead atoms. The summed E-state index contributed by atoms with van der Waals surface area (Å²) in [6, 6.07) is 64.1. The summed E-state index contributed by atoms with van der Waals surface area (Å²) in [6.07, 6.45) is 0. The minimum Gasteiger partial charge on any atom is -0.309 e. The summed E-state index contributed by atoms with van der Waals surface area (Å²) in [7, 11) is 0. The fourth-order valence-corrected chi connectivity index (χ4v) is 8.88. The third-order valence-electron chi connectivity index (χ3n) is 10.0. The molecule has 0 aliphatic heterocycles. The number of nitriles is 1. The molecule has 0 aliphatic rings. The van der Waals surface area contributed by atoms with Crippen molar-refractivity contribution in [3.05, 3.63) is 181 Å². The molecule has 242 valence electrons. The predicted octanol–water partition coefficient (Wildman–Crippen LogP) is 13.1. The average molecular weight is 680 g/mol. The first kappa shape index (κ1) is 30.1. The van der Waals surface area contributed by atoms with Crippen molar-refractivity contribution in [3.8, 4) is 56.5 Å². The third-order valence-corrected chi connectivity index (χ3v) is 11.2. The van der Waals surface area contributed by atoms with E-state index in [1.165, 1.54) is 30.9 Å². The van der Waals surface area contributed by atoms with E-state index >= 15 is 0 Å². The summed E-state index contributed by atoms with van der Waals surface area (Å²) in [4.78, 5) is 5.16. The Morgan fingerprint density at radius 3 is 1.85 bits per heavy atom. The fraction of sp³-hybridized carbons (Fsp3) is 0. The van der Waals surface area contributed by atoms with Crippen LogP contribution in [0, 0.1) is 11.3 Å². The van der Waals surface area contributed by atoms with Crippen LogP contribution in [-0.2, 0) is 0 Å². The molecule has 3 aromatic heterocycles. The van der Waals surface area contributed by atoms with Crippen LogP contribution < -0.4 is 0 Å². The molecule has 4 heteroatoms. The quantitative estimate of drug-likeness (QED) is 0.182. The maximum atomic E-state index is 10.2. The van der Waals surface area contributed by atoms with Crippen molar-refractivity contribution in [1.29, 1.82) is 5.26 Å². The number of para-hydroxylation sites is 1. The first-order chi connectivity index (χ1) is 25.7. The molecular weight excluding hydrogens is 651 g/mol. The second kappa shape index (κ2) is 12.2. The first-order valence-corrected chi connectivity index (χ1v) is 18.2. The van der Waals surface area contributed by atoms with Crippen molar-refractivity contribution >= 4 is 53.3 Å². The van der Waals surface area contributed by atoms with Gasteiger partial charge >= 0.3 is 0 Å². The van der Waals surface area contributed by atoms with Crippen molar-refractivity contribution in [2.75, 3.05) is 0 Å². The van der Waals surface area contributed by atoms with Gasteiger partial charge in [-0.05, 0) is 76.9 Å². The number of hydrogen-bond acceptors (Lipinski definition) is 3. The number of rotatable bonds is 5. The summed E-state index contributed by atoms with van der Waals surface area (Å²) in [5, 5.41) is 15.3. The van der Waals surface area contributed by atoms with Crippen LogP contribution in [0.4, 0.5) is 0 Å². The van der Waals surface area contributed by atoms with Gasteiger partial charge in [0.1, 0.15) is 0 Å². The Hall–Kier alpha value is -6.80. The Kier molecular flexibility index (Phi) is 7.06. The SMILES string of the molecule is N#Cc1ccccc1-c1cc(-c2cc(-c3ccccc3)nc(-c3ccccc3)c2)cc(-n2c3ccccc3c3c4sc5ccccc5c4ccc32)c1. The van der Waals surface area contributed by atoms with Gasteiger partial charge in [-0.15, -0.1) is 11.3 Å². The van der Waals surface area contributed by atoms with E-state index in [-0.39, 0.29) is 0 Å². The van der Waals surface area contributed by atoms with E-state index in [0.29, 0.717) is 5.56 Å². The van der Waals surface area contributed by atoms with Gasteiger partial charge in [0.15, 0.2) is 0 Å². The van der Waals surface area contributed by atoms with Crippen LogP contribution in [-0.4, -0.2) is 9.55 Å². The largest absolute Gasteiger partial charge is 0.309 e. The highest BCUT2D eigenvalue weighted by atomic mass is 32.1. The number of hydrogen-bond donors (Lipinski definition) is 0. The van der Waals surface area contributed by atoms with Crippen LogP contribution in [0.2, 0.25) is 0 Å². The van der Waals surface area contributed by atoms with Gasteiger partial charge in [0.25, 0.3) is 0 Å². The van der Waals surface area contributed by atoms with Gasteiger partial charge < -0.3 is 4.57 Å². The lowest BCUT2D eigenvalue weighted by atomic mass is 9.94. The molecule has 3 nitrogen and oxygen atoms in total. The van der Waals surface area contributed by atoms with Gasteiger partial charge in [-0.3, -0.25) is 0 Å². The molecule has 0 N–H and O–H groups in total. The molecule has 10 rings (SSSR count). The smallest absolute Gasteiger partial charge is 0.0998 e. The lowest BCUT2D eigenvalue weighted by Gasteiger charge is -2.16. The Morgan fingerprint density at radius 1 is 0.481 bits per heavy atom. The Morgan fingerprint density at radius 2 is 1.10 bits per heavy atom. The maximum absolute atomic E-state index is 10.2. The van der Waals surface area contributed by atoms with Crippen LogP contribution >= 0.6 is 11.3 Å². The molecule has 0 fully saturated rings. The number of fused-ring (bicyclic) bond motifs is 7. The second-order valence-corrected chi connectivity index (χ2v) is 14.1. The summed E-state index contributed by atoms with van der Waals surface area (Å²) < 4.78 is 4.99. The zero-order valence-electron chi connectivity index (χ0n) is 28.0. The average Bonchev–Trinajstić information content (AvgIpc) is 3.77. The van der Waals surface area contributed by atoms with Crippen molar-refractivity contribution in [2.24, 2.45) is 0 Å². The number of aromatic nitrogens is 2. The van der Waals surface area contributed by atoms with E-state index in [1.54, 1.807) is 0 Å². The Labute approximate surface area is 304 Å². The zero-order valence-corrected chi connectivity index (χ0v) is 28.8. The van der Waals surface area contributed by atoms with Gasteiger partial charge in [-0.25, -0.2) is 4.98 Å². The van der Waals surface area contributed by atoms with Crippen molar-refractivity contribution in [3.63, 3.8) is 0 Å². The number of pyridine rings is 1. The molecule has 3 heterocycles. The number of benzene rings is 7.